The smallest absolute Gasteiger partial charge is 0.262 e. The Morgan fingerprint density at radius 3 is 2.40 bits per heavy atom. The number of benzene rings is 3. The van der Waals surface area contributed by atoms with Gasteiger partial charge in [0.25, 0.3) is 11.8 Å². The molecule has 6 heterocycles. The first-order chi connectivity index (χ1) is 29.9. The maximum Gasteiger partial charge on any atom is 0.262 e. The van der Waals surface area contributed by atoms with E-state index in [-0.39, 0.29) is 24.2 Å². The Morgan fingerprint density at radius 1 is 0.839 bits per heavy atom. The van der Waals surface area contributed by atoms with Gasteiger partial charge in [0, 0.05) is 87.1 Å². The maximum absolute atomic E-state index is 13.4. The molecule has 4 saturated heterocycles. The summed E-state index contributed by atoms with van der Waals surface area (Å²) < 4.78 is 6.15. The lowest BCUT2D eigenvalue weighted by Gasteiger charge is -2.38. The van der Waals surface area contributed by atoms with Crippen molar-refractivity contribution in [2.75, 3.05) is 68.7 Å². The van der Waals surface area contributed by atoms with Gasteiger partial charge in [0.1, 0.15) is 18.4 Å². The largest absolute Gasteiger partial charge is 0.487 e. The molecule has 0 aliphatic carbocycles. The first kappa shape index (κ1) is 41.5. The average Bonchev–Trinajstić information content (AvgIpc) is 4.01. The number of nitrogens with one attached hydrogen (secondary N) is 1. The number of ether oxygens (including phenoxy) is 1. The van der Waals surface area contributed by atoms with Gasteiger partial charge in [-0.15, -0.1) is 0 Å². The second-order valence-corrected chi connectivity index (χ2v) is 18.1. The van der Waals surface area contributed by atoms with Gasteiger partial charge in [0.05, 0.1) is 28.5 Å². The first-order valence-corrected chi connectivity index (χ1v) is 21.9. The van der Waals surface area contributed by atoms with Crippen molar-refractivity contribution in [3.63, 3.8) is 0 Å². The van der Waals surface area contributed by atoms with Gasteiger partial charge in [-0.05, 0) is 97.4 Å². The molecule has 15 heteroatoms. The van der Waals surface area contributed by atoms with Gasteiger partial charge >= 0.3 is 0 Å². The van der Waals surface area contributed by atoms with E-state index in [1.165, 1.54) is 0 Å². The minimum Gasteiger partial charge on any atom is -0.487 e. The molecule has 3 unspecified atom stereocenters. The summed E-state index contributed by atoms with van der Waals surface area (Å²) in [6.45, 7) is 13.1. The fraction of sp³-hybridized carbons (Fsp3) is 0.426. The molecule has 4 amide bonds. The molecule has 9 rings (SSSR count). The van der Waals surface area contributed by atoms with E-state index in [4.69, 9.17) is 21.3 Å². The molecular weight excluding hydrogens is 806 g/mol. The predicted octanol–water partition coefficient (Wildman–Crippen LogP) is 5.03. The molecule has 1 aromatic heterocycles. The van der Waals surface area contributed by atoms with Crippen LogP contribution in [0, 0.1) is 17.2 Å². The van der Waals surface area contributed by atoms with Crippen LogP contribution in [-0.4, -0.2) is 119 Å². The number of likely N-dealkylation sites (tertiary alicyclic amines) is 1. The van der Waals surface area contributed by atoms with Crippen molar-refractivity contribution in [1.82, 2.24) is 30.0 Å². The Bertz CT molecular complexity index is 2450. The summed E-state index contributed by atoms with van der Waals surface area (Å²) >= 11 is 6.31. The van der Waals surface area contributed by atoms with Gasteiger partial charge in [-0.1, -0.05) is 37.6 Å². The molecule has 4 aromatic rings. The molecule has 320 valence electrons. The van der Waals surface area contributed by atoms with Crippen molar-refractivity contribution in [2.45, 2.75) is 63.6 Å². The number of carbonyl (C=O) groups is 4. The highest BCUT2D eigenvalue weighted by Crippen LogP contribution is 2.36. The van der Waals surface area contributed by atoms with Crippen LogP contribution in [0.25, 0.3) is 0 Å². The third-order valence-electron chi connectivity index (χ3n) is 13.4. The number of hydrogen-bond donors (Lipinski definition) is 1. The van der Waals surface area contributed by atoms with Crippen LogP contribution in [0.5, 0.6) is 5.75 Å². The summed E-state index contributed by atoms with van der Waals surface area (Å²) in [6.07, 6.45) is 4.24. The van der Waals surface area contributed by atoms with Crippen LogP contribution >= 0.6 is 11.6 Å². The third-order valence-corrected chi connectivity index (χ3v) is 13.6. The number of hydrogen-bond acceptors (Lipinski definition) is 12. The standard InChI is InChI=1S/C47H50ClN9O5/c1-47(2,33-21-31(25-49)22-34(48)23-33)32-3-6-38(7-4-32)62-29-35-11-14-50-46(51-35)55-19-17-54(18-20-55)37-13-15-53(28-37)26-30-12-16-56(27-30)36-5-8-39-40(24-36)45(61)57(44(39)60)41-9-10-42(58)52-43(41)59/h3-8,11,14,21-24,30,37,41H,9-10,12-13,15-20,26-29H2,1-2H3,(H,52,58,59). The third kappa shape index (κ3) is 8.36. The van der Waals surface area contributed by atoms with Crippen molar-refractivity contribution < 1.29 is 23.9 Å². The minimum absolute atomic E-state index is 0.0973. The van der Waals surface area contributed by atoms with Gasteiger partial charge in [-0.2, -0.15) is 5.26 Å². The monoisotopic (exact) mass is 855 g/mol. The van der Waals surface area contributed by atoms with E-state index in [9.17, 15) is 24.4 Å². The molecule has 0 radical (unpaired) electrons. The van der Waals surface area contributed by atoms with Crippen LogP contribution in [0.4, 0.5) is 11.6 Å². The number of nitrogens with zero attached hydrogens (tertiary/aromatic N) is 8. The number of piperazine rings is 1. The number of imide groups is 2. The number of nitriles is 1. The molecule has 4 fully saturated rings. The van der Waals surface area contributed by atoms with E-state index >= 15 is 0 Å². The van der Waals surface area contributed by atoms with Crippen molar-refractivity contribution in [3.8, 4) is 11.8 Å². The summed E-state index contributed by atoms with van der Waals surface area (Å²) in [4.78, 5) is 71.0. The van der Waals surface area contributed by atoms with Crippen molar-refractivity contribution >= 4 is 46.9 Å². The van der Waals surface area contributed by atoms with Crippen molar-refractivity contribution in [2.24, 2.45) is 5.92 Å². The van der Waals surface area contributed by atoms with Gasteiger partial charge in [-0.25, -0.2) is 9.97 Å². The van der Waals surface area contributed by atoms with E-state index in [1.54, 1.807) is 24.4 Å². The molecule has 14 nitrogen and oxygen atoms in total. The molecule has 3 aromatic carbocycles. The van der Waals surface area contributed by atoms with Crippen LogP contribution in [0.15, 0.2) is 72.9 Å². The molecule has 0 spiro atoms. The summed E-state index contributed by atoms with van der Waals surface area (Å²) in [5.74, 6) is 0.0322. The maximum atomic E-state index is 13.4. The fourth-order valence-corrected chi connectivity index (χ4v) is 9.96. The molecule has 0 bridgehead atoms. The Morgan fingerprint density at radius 2 is 1.63 bits per heavy atom. The number of amides is 4. The van der Waals surface area contributed by atoms with E-state index in [2.05, 4.69) is 61.9 Å². The summed E-state index contributed by atoms with van der Waals surface area (Å²) in [6, 6.07) is 22.5. The summed E-state index contributed by atoms with van der Waals surface area (Å²) in [5.41, 5.74) is 4.61. The zero-order chi connectivity index (χ0) is 43.1. The average molecular weight is 856 g/mol. The minimum atomic E-state index is -0.967. The second-order valence-electron chi connectivity index (χ2n) is 17.6. The van der Waals surface area contributed by atoms with Crippen LogP contribution in [0.1, 0.15) is 82.6 Å². The van der Waals surface area contributed by atoms with Crippen LogP contribution in [0.3, 0.4) is 0 Å². The predicted molar refractivity (Wildman–Crippen MR) is 233 cm³/mol. The SMILES string of the molecule is CC(C)(c1ccc(OCc2ccnc(N3CCN(C4CCN(CC5CCN(c6ccc7c(c6)C(=O)N(C6CCC(=O)NC6=O)C7=O)C5)C4)CC3)n2)cc1)c1cc(Cl)cc(C#N)c1. The van der Waals surface area contributed by atoms with Crippen LogP contribution in [-0.2, 0) is 21.6 Å². The van der Waals surface area contributed by atoms with E-state index in [0.717, 1.165) is 111 Å². The lowest BCUT2D eigenvalue weighted by Crippen LogP contribution is -2.54. The zero-order valence-electron chi connectivity index (χ0n) is 35.1. The van der Waals surface area contributed by atoms with Gasteiger partial charge < -0.3 is 19.4 Å². The molecule has 0 saturated carbocycles. The number of anilines is 2. The Kier molecular flexibility index (Phi) is 11.4. The topological polar surface area (TPSA) is 155 Å². The zero-order valence-corrected chi connectivity index (χ0v) is 35.8. The van der Waals surface area contributed by atoms with Gasteiger partial charge in [0.15, 0.2) is 0 Å². The molecule has 5 aliphatic rings. The van der Waals surface area contributed by atoms with Crippen molar-refractivity contribution in [3.05, 3.63) is 111 Å². The van der Waals surface area contributed by atoms with E-state index in [1.807, 2.05) is 36.4 Å². The number of piperidine rings is 1. The van der Waals surface area contributed by atoms with E-state index in [0.29, 0.717) is 40.3 Å². The molecule has 62 heavy (non-hydrogen) atoms. The molecular formula is C47H50ClN9O5. The van der Waals surface area contributed by atoms with E-state index < -0.39 is 23.8 Å². The van der Waals surface area contributed by atoms with Gasteiger partial charge in [-0.3, -0.25) is 34.3 Å². The Labute approximate surface area is 366 Å². The first-order valence-electron chi connectivity index (χ1n) is 21.5. The van der Waals surface area contributed by atoms with Crippen LogP contribution < -0.4 is 19.9 Å². The van der Waals surface area contributed by atoms with Gasteiger partial charge in [0.2, 0.25) is 17.8 Å². The highest BCUT2D eigenvalue weighted by atomic mass is 35.5. The highest BCUT2D eigenvalue weighted by molar-refractivity contribution is 6.30. The number of halogens is 1. The Balaban J connectivity index is 0.727. The quantitative estimate of drug-likeness (QED) is 0.201. The number of aromatic nitrogens is 2. The molecule has 5 aliphatic heterocycles. The number of rotatable bonds is 11. The van der Waals surface area contributed by atoms with Crippen LogP contribution in [0.2, 0.25) is 5.02 Å². The lowest BCUT2D eigenvalue weighted by atomic mass is 9.78. The number of carbonyl (C=O) groups excluding carboxylic acids is 4. The summed E-state index contributed by atoms with van der Waals surface area (Å²) in [5, 5.41) is 12.2. The lowest BCUT2D eigenvalue weighted by molar-refractivity contribution is -0.136. The normalized spacial score (nSPS) is 22.3. The van der Waals surface area contributed by atoms with Crippen molar-refractivity contribution in [1.29, 1.82) is 5.26 Å². The number of fused-ring (bicyclic) bond motifs is 1. The second kappa shape index (κ2) is 17.1. The summed E-state index contributed by atoms with van der Waals surface area (Å²) in [7, 11) is 0. The highest BCUT2D eigenvalue weighted by Gasteiger charge is 2.45. The Hall–Kier alpha value is -5.88. The fourth-order valence-electron chi connectivity index (χ4n) is 9.72. The molecule has 3 atom stereocenters. The molecule has 1 N–H and O–H groups in total.